The van der Waals surface area contributed by atoms with Gasteiger partial charge in [-0.15, -0.1) is 0 Å². The van der Waals surface area contributed by atoms with E-state index in [4.69, 9.17) is 9.47 Å². The molecule has 1 N–H and O–H groups in total. The fourth-order valence-electron chi connectivity index (χ4n) is 1.55. The van der Waals surface area contributed by atoms with Gasteiger partial charge < -0.3 is 19.7 Å². The summed E-state index contributed by atoms with van der Waals surface area (Å²) in [5.41, 5.74) is 0.895. The Bertz CT molecular complexity index is 372. The van der Waals surface area contributed by atoms with Gasteiger partial charge in [-0.3, -0.25) is 0 Å². The highest BCUT2D eigenvalue weighted by Crippen LogP contribution is 2.17. The predicted molar refractivity (Wildman–Crippen MR) is 74.0 cm³/mol. The van der Waals surface area contributed by atoms with Crippen molar-refractivity contribution in [2.24, 2.45) is 0 Å². The fourth-order valence-corrected chi connectivity index (χ4v) is 1.55. The summed E-state index contributed by atoms with van der Waals surface area (Å²) in [7, 11) is 5.49. The Hall–Kier alpha value is -1.17. The van der Waals surface area contributed by atoms with E-state index >= 15 is 0 Å². The molecule has 0 atom stereocenters. The minimum absolute atomic E-state index is 0.274. The van der Waals surface area contributed by atoms with Crippen molar-refractivity contribution in [3.8, 4) is 5.75 Å². The van der Waals surface area contributed by atoms with Crippen LogP contribution in [0.2, 0.25) is 0 Å². The van der Waals surface area contributed by atoms with E-state index in [1.165, 1.54) is 13.2 Å². The highest BCUT2D eigenvalue weighted by atomic mass is 19.1. The molecule has 4 nitrogen and oxygen atoms in total. The number of halogens is 1. The molecule has 0 aliphatic heterocycles. The summed E-state index contributed by atoms with van der Waals surface area (Å²) in [5, 5.41) is 3.21. The summed E-state index contributed by atoms with van der Waals surface area (Å²) in [6.45, 7) is 3.68. The van der Waals surface area contributed by atoms with Gasteiger partial charge in [0.1, 0.15) is 0 Å². The lowest BCUT2D eigenvalue weighted by molar-refractivity contribution is 0.119. The van der Waals surface area contributed by atoms with Crippen LogP contribution >= 0.6 is 0 Å². The summed E-state index contributed by atoms with van der Waals surface area (Å²) >= 11 is 0. The molecule has 0 amide bonds. The zero-order valence-electron chi connectivity index (χ0n) is 11.9. The van der Waals surface area contributed by atoms with Crippen LogP contribution in [-0.4, -0.2) is 52.4 Å². The van der Waals surface area contributed by atoms with E-state index in [0.717, 1.165) is 25.3 Å². The van der Waals surface area contributed by atoms with Gasteiger partial charge in [-0.1, -0.05) is 6.07 Å². The van der Waals surface area contributed by atoms with E-state index < -0.39 is 0 Å². The Morgan fingerprint density at radius 3 is 2.68 bits per heavy atom. The molecule has 0 saturated carbocycles. The molecule has 5 heteroatoms. The number of hydrogen-bond donors (Lipinski definition) is 1. The number of rotatable bonds is 9. The lowest BCUT2D eigenvalue weighted by Gasteiger charge is -2.10. The number of ether oxygens (including phenoxy) is 2. The SMILES string of the molecule is COc1ccc(CNCCOCCN(C)C)cc1F. The Kier molecular flexibility index (Phi) is 7.40. The first kappa shape index (κ1) is 15.9. The Balaban J connectivity index is 2.14. The minimum atomic E-state index is -0.330. The number of nitrogens with one attached hydrogen (secondary N) is 1. The molecule has 108 valence electrons. The van der Waals surface area contributed by atoms with Crippen molar-refractivity contribution in [1.29, 1.82) is 0 Å². The molecule has 1 rings (SSSR count). The molecule has 0 heterocycles. The lowest BCUT2D eigenvalue weighted by atomic mass is 10.2. The highest BCUT2D eigenvalue weighted by molar-refractivity contribution is 5.29. The van der Waals surface area contributed by atoms with Crippen molar-refractivity contribution in [2.45, 2.75) is 6.54 Å². The van der Waals surface area contributed by atoms with Crippen LogP contribution in [0.4, 0.5) is 4.39 Å². The van der Waals surface area contributed by atoms with Gasteiger partial charge in [0.15, 0.2) is 11.6 Å². The third kappa shape index (κ3) is 6.52. The van der Waals surface area contributed by atoms with Gasteiger partial charge in [0, 0.05) is 19.6 Å². The maximum Gasteiger partial charge on any atom is 0.165 e. The Labute approximate surface area is 114 Å². The van der Waals surface area contributed by atoms with Gasteiger partial charge in [0.2, 0.25) is 0 Å². The molecule has 0 saturated heterocycles. The van der Waals surface area contributed by atoms with Crippen molar-refractivity contribution in [3.63, 3.8) is 0 Å². The topological polar surface area (TPSA) is 33.7 Å². The van der Waals surface area contributed by atoms with Crippen molar-refractivity contribution in [2.75, 3.05) is 47.5 Å². The smallest absolute Gasteiger partial charge is 0.165 e. The summed E-state index contributed by atoms with van der Waals surface area (Å²) in [6, 6.07) is 4.97. The molecule has 0 aliphatic carbocycles. The molecular weight excluding hydrogens is 247 g/mol. The molecule has 0 aromatic heterocycles. The van der Waals surface area contributed by atoms with Crippen LogP contribution in [0.5, 0.6) is 5.75 Å². The van der Waals surface area contributed by atoms with Crippen LogP contribution in [0.15, 0.2) is 18.2 Å². The first-order chi connectivity index (χ1) is 9.13. The maximum atomic E-state index is 13.4. The molecule has 0 radical (unpaired) electrons. The number of benzene rings is 1. The van der Waals surface area contributed by atoms with Crippen LogP contribution in [0.3, 0.4) is 0 Å². The molecule has 0 aliphatic rings. The first-order valence-electron chi connectivity index (χ1n) is 6.39. The second-order valence-corrected chi connectivity index (χ2v) is 4.56. The summed E-state index contributed by atoms with van der Waals surface area (Å²) in [6.07, 6.45) is 0. The van der Waals surface area contributed by atoms with Crippen LogP contribution in [0, 0.1) is 5.82 Å². The summed E-state index contributed by atoms with van der Waals surface area (Å²) < 4.78 is 23.7. The largest absolute Gasteiger partial charge is 0.494 e. The van der Waals surface area contributed by atoms with Gasteiger partial charge in [-0.25, -0.2) is 4.39 Å². The third-order valence-corrected chi connectivity index (χ3v) is 2.65. The molecule has 0 bridgehead atoms. The van der Waals surface area contributed by atoms with Crippen LogP contribution < -0.4 is 10.1 Å². The van der Waals surface area contributed by atoms with Crippen LogP contribution in [0.25, 0.3) is 0 Å². The van der Waals surface area contributed by atoms with Crippen molar-refractivity contribution in [3.05, 3.63) is 29.6 Å². The van der Waals surface area contributed by atoms with Gasteiger partial charge >= 0.3 is 0 Å². The van der Waals surface area contributed by atoms with Crippen LogP contribution in [0.1, 0.15) is 5.56 Å². The van der Waals surface area contributed by atoms with E-state index in [1.807, 2.05) is 20.2 Å². The van der Waals surface area contributed by atoms with Gasteiger partial charge in [0.05, 0.1) is 20.3 Å². The van der Waals surface area contributed by atoms with E-state index in [1.54, 1.807) is 6.07 Å². The van der Waals surface area contributed by atoms with Crippen molar-refractivity contribution >= 4 is 0 Å². The third-order valence-electron chi connectivity index (χ3n) is 2.65. The van der Waals surface area contributed by atoms with E-state index in [2.05, 4.69) is 10.2 Å². The van der Waals surface area contributed by atoms with Gasteiger partial charge in [0.25, 0.3) is 0 Å². The average Bonchev–Trinajstić information content (AvgIpc) is 2.37. The molecule has 0 spiro atoms. The zero-order valence-corrected chi connectivity index (χ0v) is 11.9. The standard InChI is InChI=1S/C14H23FN2O2/c1-17(2)7-9-19-8-6-16-11-12-4-5-14(18-3)13(15)10-12/h4-5,10,16H,6-9,11H2,1-3H3. The maximum absolute atomic E-state index is 13.4. The lowest BCUT2D eigenvalue weighted by Crippen LogP contribution is -2.23. The Morgan fingerprint density at radius 2 is 2.05 bits per heavy atom. The summed E-state index contributed by atoms with van der Waals surface area (Å²) in [4.78, 5) is 2.08. The minimum Gasteiger partial charge on any atom is -0.494 e. The van der Waals surface area contributed by atoms with Gasteiger partial charge in [-0.2, -0.15) is 0 Å². The molecule has 1 aromatic carbocycles. The predicted octanol–water partition coefficient (Wildman–Crippen LogP) is 1.50. The fraction of sp³-hybridized carbons (Fsp3) is 0.571. The second-order valence-electron chi connectivity index (χ2n) is 4.56. The first-order valence-corrected chi connectivity index (χ1v) is 6.39. The molecule has 0 unspecified atom stereocenters. The van der Waals surface area contributed by atoms with Crippen molar-refractivity contribution in [1.82, 2.24) is 10.2 Å². The van der Waals surface area contributed by atoms with E-state index in [9.17, 15) is 4.39 Å². The molecule has 1 aromatic rings. The molecular formula is C14H23FN2O2. The molecule has 0 fully saturated rings. The molecule has 19 heavy (non-hydrogen) atoms. The van der Waals surface area contributed by atoms with E-state index in [0.29, 0.717) is 13.2 Å². The number of nitrogens with zero attached hydrogens (tertiary/aromatic N) is 1. The number of hydrogen-bond acceptors (Lipinski definition) is 4. The quantitative estimate of drug-likeness (QED) is 0.690. The van der Waals surface area contributed by atoms with Crippen molar-refractivity contribution < 1.29 is 13.9 Å². The number of likely N-dealkylation sites (N-methyl/N-ethyl adjacent to an activating group) is 1. The average molecular weight is 270 g/mol. The van der Waals surface area contributed by atoms with E-state index in [-0.39, 0.29) is 11.6 Å². The highest BCUT2D eigenvalue weighted by Gasteiger charge is 2.02. The van der Waals surface area contributed by atoms with Crippen LogP contribution in [-0.2, 0) is 11.3 Å². The Morgan fingerprint density at radius 1 is 1.26 bits per heavy atom. The zero-order chi connectivity index (χ0) is 14.1. The normalized spacial score (nSPS) is 11.0. The summed E-state index contributed by atoms with van der Waals surface area (Å²) in [5.74, 6) is -0.0557. The second kappa shape index (κ2) is 8.85. The monoisotopic (exact) mass is 270 g/mol. The number of methoxy groups -OCH3 is 1. The van der Waals surface area contributed by atoms with Gasteiger partial charge in [-0.05, 0) is 31.8 Å².